The monoisotopic (exact) mass is 511 g/mol. The Morgan fingerprint density at radius 2 is 2.11 bits per heavy atom. The number of alkyl halides is 1. The van der Waals surface area contributed by atoms with Crippen molar-refractivity contribution < 1.29 is 18.7 Å². The number of imide groups is 1. The van der Waals surface area contributed by atoms with E-state index in [1.807, 2.05) is 37.3 Å². The van der Waals surface area contributed by atoms with Crippen LogP contribution in [0.15, 0.2) is 42.1 Å². The maximum Gasteiger partial charge on any atom is 0.257 e. The van der Waals surface area contributed by atoms with Crippen LogP contribution >= 0.6 is 22.9 Å². The number of fused-ring (bicyclic) bond motifs is 2. The number of nitrogens with zero attached hydrogens (tertiary/aromatic N) is 2. The number of amides is 2. The van der Waals surface area contributed by atoms with Crippen LogP contribution < -0.4 is 10.1 Å². The molecule has 4 heterocycles. The van der Waals surface area contributed by atoms with E-state index in [1.54, 1.807) is 6.20 Å². The van der Waals surface area contributed by atoms with Gasteiger partial charge in [0.25, 0.3) is 5.91 Å². The van der Waals surface area contributed by atoms with E-state index in [4.69, 9.17) is 16.3 Å². The first-order valence-corrected chi connectivity index (χ1v) is 12.9. The molecule has 2 amide bonds. The van der Waals surface area contributed by atoms with E-state index in [1.165, 1.54) is 16.2 Å². The minimum Gasteiger partial charge on any atom is -0.485 e. The van der Waals surface area contributed by atoms with Crippen molar-refractivity contribution in [3.05, 3.63) is 57.6 Å². The molecule has 0 bridgehead atoms. The van der Waals surface area contributed by atoms with E-state index in [2.05, 4.69) is 10.3 Å². The van der Waals surface area contributed by atoms with Gasteiger partial charge in [-0.3, -0.25) is 19.5 Å². The minimum absolute atomic E-state index is 0.114. The summed E-state index contributed by atoms with van der Waals surface area (Å²) in [7, 11) is 0. The number of thiophene rings is 1. The summed E-state index contributed by atoms with van der Waals surface area (Å²) in [5.41, 5.74) is 3.85. The number of aromatic nitrogens is 1. The second-order valence-corrected chi connectivity index (χ2v) is 10.8. The Morgan fingerprint density at radius 3 is 2.89 bits per heavy atom. The number of rotatable bonds is 5. The molecule has 2 aromatic heterocycles. The molecule has 6 nitrogen and oxygen atoms in total. The molecule has 0 saturated carbocycles. The number of halogens is 2. The molecule has 1 N–H and O–H groups in total. The number of hydrogen-bond donors (Lipinski definition) is 1. The van der Waals surface area contributed by atoms with Crippen molar-refractivity contribution in [2.45, 2.75) is 38.6 Å². The SMILES string of the molecule is Cc1cc(Cl)cc(-c2ccnc3cc(CN4C(=O)C5=CCCC5C4=O)sc23)c1O[C@@H]1CNC[C@@H]1F. The lowest BCUT2D eigenvalue weighted by atomic mass is 10.0. The lowest BCUT2D eigenvalue weighted by Crippen LogP contribution is -2.30. The predicted octanol–water partition coefficient (Wildman–Crippen LogP) is 4.82. The molecule has 2 aliphatic heterocycles. The average Bonchev–Trinajstić information content (AvgIpc) is 3.60. The molecule has 1 unspecified atom stereocenters. The third-order valence-electron chi connectivity index (χ3n) is 6.92. The number of benzene rings is 1. The van der Waals surface area contributed by atoms with E-state index in [0.29, 0.717) is 29.3 Å². The van der Waals surface area contributed by atoms with E-state index in [0.717, 1.165) is 38.2 Å². The Bertz CT molecular complexity index is 1400. The van der Waals surface area contributed by atoms with Crippen LogP contribution in [0.5, 0.6) is 5.75 Å². The van der Waals surface area contributed by atoms with Crippen LogP contribution in [0.4, 0.5) is 4.39 Å². The minimum atomic E-state index is -1.09. The highest BCUT2D eigenvalue weighted by molar-refractivity contribution is 7.19. The van der Waals surface area contributed by atoms with Crippen LogP contribution in [0.1, 0.15) is 23.3 Å². The van der Waals surface area contributed by atoms with E-state index >= 15 is 0 Å². The number of ether oxygens (including phenoxy) is 1. The first kappa shape index (κ1) is 22.6. The molecule has 3 aromatic rings. The smallest absolute Gasteiger partial charge is 0.257 e. The quantitative estimate of drug-likeness (QED) is 0.497. The summed E-state index contributed by atoms with van der Waals surface area (Å²) in [6.07, 6.45) is 3.43. The van der Waals surface area contributed by atoms with Crippen molar-refractivity contribution in [3.8, 4) is 16.9 Å². The molecule has 1 aliphatic carbocycles. The molecule has 3 atom stereocenters. The van der Waals surface area contributed by atoms with Crippen LogP contribution in [0.25, 0.3) is 21.3 Å². The van der Waals surface area contributed by atoms with Crippen molar-refractivity contribution in [3.63, 3.8) is 0 Å². The molecule has 9 heteroatoms. The van der Waals surface area contributed by atoms with Gasteiger partial charge in [0, 0.05) is 45.9 Å². The van der Waals surface area contributed by atoms with Crippen LogP contribution in [0.3, 0.4) is 0 Å². The number of carbonyl (C=O) groups excluding carboxylic acids is 2. The van der Waals surface area contributed by atoms with Crippen molar-refractivity contribution in [2.75, 3.05) is 13.1 Å². The number of likely N-dealkylation sites (tertiary alicyclic amines) is 1. The summed E-state index contributed by atoms with van der Waals surface area (Å²) in [6.45, 7) is 2.83. The molecule has 1 aromatic carbocycles. The molecule has 6 rings (SSSR count). The van der Waals surface area contributed by atoms with Gasteiger partial charge < -0.3 is 10.1 Å². The third kappa shape index (κ3) is 3.84. The van der Waals surface area contributed by atoms with Crippen molar-refractivity contribution in [1.29, 1.82) is 0 Å². The predicted molar refractivity (Wildman–Crippen MR) is 133 cm³/mol. The number of nitrogens with one attached hydrogen (secondary N) is 1. The molecule has 0 spiro atoms. The second-order valence-electron chi connectivity index (χ2n) is 9.23. The molecule has 3 aliphatic rings. The molecule has 2 saturated heterocycles. The maximum atomic E-state index is 14.3. The second kappa shape index (κ2) is 8.69. The van der Waals surface area contributed by atoms with Gasteiger partial charge in [-0.15, -0.1) is 11.3 Å². The Labute approximate surface area is 210 Å². The lowest BCUT2D eigenvalue weighted by Gasteiger charge is -2.20. The van der Waals surface area contributed by atoms with Crippen molar-refractivity contribution in [2.24, 2.45) is 5.92 Å². The summed E-state index contributed by atoms with van der Waals surface area (Å²) < 4.78 is 21.4. The van der Waals surface area contributed by atoms with Gasteiger partial charge in [0.2, 0.25) is 5.91 Å². The molecule has 180 valence electrons. The highest BCUT2D eigenvalue weighted by Crippen LogP contribution is 2.43. The zero-order valence-electron chi connectivity index (χ0n) is 19.0. The van der Waals surface area contributed by atoms with Gasteiger partial charge in [-0.2, -0.15) is 0 Å². The normalized spacial score (nSPS) is 23.9. The summed E-state index contributed by atoms with van der Waals surface area (Å²) in [5.74, 6) is 0.00806. The summed E-state index contributed by atoms with van der Waals surface area (Å²) >= 11 is 7.91. The highest BCUT2D eigenvalue weighted by Gasteiger charge is 2.44. The first-order chi connectivity index (χ1) is 16.9. The number of hydrogen-bond acceptors (Lipinski definition) is 6. The van der Waals surface area contributed by atoms with E-state index in [9.17, 15) is 14.0 Å². The molecular formula is C26H23ClFN3O3S. The van der Waals surface area contributed by atoms with Crippen LogP contribution in [-0.4, -0.2) is 47.1 Å². The highest BCUT2D eigenvalue weighted by atomic mass is 35.5. The fraction of sp³-hybridized carbons (Fsp3) is 0.346. The Hall–Kier alpha value is -2.81. The Kier molecular flexibility index (Phi) is 5.62. The molecule has 35 heavy (non-hydrogen) atoms. The number of pyridine rings is 1. The van der Waals surface area contributed by atoms with Crippen molar-refractivity contribution >= 4 is 45.0 Å². The van der Waals surface area contributed by atoms with Gasteiger partial charge in [0.15, 0.2) is 6.17 Å². The topological polar surface area (TPSA) is 71.5 Å². The summed E-state index contributed by atoms with van der Waals surface area (Å²) in [6, 6.07) is 7.45. The van der Waals surface area contributed by atoms with Crippen LogP contribution in [0.2, 0.25) is 5.02 Å². The first-order valence-electron chi connectivity index (χ1n) is 11.7. The van der Waals surface area contributed by atoms with Gasteiger partial charge in [0.1, 0.15) is 11.9 Å². The number of aryl methyl sites for hydroxylation is 1. The zero-order chi connectivity index (χ0) is 24.3. The van der Waals surface area contributed by atoms with Gasteiger partial charge in [-0.1, -0.05) is 17.7 Å². The van der Waals surface area contributed by atoms with E-state index in [-0.39, 0.29) is 30.8 Å². The average molecular weight is 512 g/mol. The van der Waals surface area contributed by atoms with Gasteiger partial charge in [-0.05, 0) is 49.6 Å². The molecule has 0 radical (unpaired) electrons. The van der Waals surface area contributed by atoms with E-state index < -0.39 is 12.3 Å². The summed E-state index contributed by atoms with van der Waals surface area (Å²) in [5, 5.41) is 3.58. The summed E-state index contributed by atoms with van der Waals surface area (Å²) in [4.78, 5) is 32.3. The zero-order valence-corrected chi connectivity index (χ0v) is 20.6. The van der Waals surface area contributed by atoms with Gasteiger partial charge >= 0.3 is 0 Å². The fourth-order valence-electron chi connectivity index (χ4n) is 5.20. The standard InChI is InChI=1S/C26H23ClFN3O3S/c1-13-7-14(27)8-19(23(13)34-22-11-29-10-20(22)28)16-5-6-30-21-9-15(35-24(16)21)12-31-25(32)17-3-2-4-18(17)26(31)33/h3,5-9,18,20,22,29H,2,4,10-12H2,1H3/t18?,20-,22+/m0/s1. The maximum absolute atomic E-state index is 14.3. The molecule has 2 fully saturated rings. The van der Waals surface area contributed by atoms with Crippen LogP contribution in [-0.2, 0) is 16.1 Å². The Morgan fingerprint density at radius 1 is 1.26 bits per heavy atom. The van der Waals surface area contributed by atoms with Gasteiger partial charge in [-0.25, -0.2) is 4.39 Å². The van der Waals surface area contributed by atoms with Crippen LogP contribution in [0, 0.1) is 12.8 Å². The third-order valence-corrected chi connectivity index (χ3v) is 8.28. The molecular weight excluding hydrogens is 489 g/mol. The fourth-order valence-corrected chi connectivity index (χ4v) is 6.60. The largest absolute Gasteiger partial charge is 0.485 e. The van der Waals surface area contributed by atoms with Gasteiger partial charge in [0.05, 0.1) is 22.7 Å². The number of carbonyl (C=O) groups is 2. The Balaban J connectivity index is 1.38. The number of allylic oxidation sites excluding steroid dienone is 1. The van der Waals surface area contributed by atoms with Crippen molar-refractivity contribution in [1.82, 2.24) is 15.2 Å². The lowest BCUT2D eigenvalue weighted by molar-refractivity contribution is -0.139.